The second-order valence-electron chi connectivity index (χ2n) is 9.07. The summed E-state index contributed by atoms with van der Waals surface area (Å²) in [5.74, 6) is 0.172. The Morgan fingerprint density at radius 3 is 2.04 bits per heavy atom. The van der Waals surface area contributed by atoms with Crippen LogP contribution in [0.5, 0.6) is 0 Å². The van der Waals surface area contributed by atoms with Crippen LogP contribution in [0.15, 0.2) is 0 Å². The van der Waals surface area contributed by atoms with Crippen molar-refractivity contribution in [3.63, 3.8) is 0 Å². The molecule has 0 bridgehead atoms. The van der Waals surface area contributed by atoms with Gasteiger partial charge in [0.25, 0.3) is 0 Å². The molecular weight excluding hydrogens is 320 g/mol. The summed E-state index contributed by atoms with van der Waals surface area (Å²) in [6, 6.07) is 0. The van der Waals surface area contributed by atoms with Gasteiger partial charge >= 0.3 is 0 Å². The minimum Gasteiger partial charge on any atom is -0.375 e. The van der Waals surface area contributed by atoms with Crippen molar-refractivity contribution < 1.29 is 19.1 Å². The molecule has 2 rings (SSSR count). The van der Waals surface area contributed by atoms with Gasteiger partial charge in [0.05, 0.1) is 36.4 Å². The lowest BCUT2D eigenvalue weighted by Gasteiger charge is -2.42. The molecule has 0 N–H and O–H groups in total. The lowest BCUT2D eigenvalue weighted by Crippen LogP contribution is -2.52. The zero-order chi connectivity index (χ0) is 18.7. The van der Waals surface area contributed by atoms with Crippen molar-refractivity contribution in [2.45, 2.75) is 84.2 Å². The highest BCUT2D eigenvalue weighted by Crippen LogP contribution is 2.30. The first-order valence-corrected chi connectivity index (χ1v) is 9.53. The summed E-state index contributed by atoms with van der Waals surface area (Å²) in [5, 5.41) is 2.01. The van der Waals surface area contributed by atoms with Crippen molar-refractivity contribution in [1.29, 1.82) is 0 Å². The van der Waals surface area contributed by atoms with Crippen molar-refractivity contribution in [2.24, 2.45) is 0 Å². The third-order valence-electron chi connectivity index (χ3n) is 4.31. The zero-order valence-corrected chi connectivity index (χ0v) is 16.8. The van der Waals surface area contributed by atoms with Crippen LogP contribution in [-0.4, -0.2) is 72.1 Å². The Kier molecular flexibility index (Phi) is 6.87. The number of piperazine rings is 1. The molecule has 0 radical (unpaired) electrons. The predicted molar refractivity (Wildman–Crippen MR) is 97.2 cm³/mol. The van der Waals surface area contributed by atoms with Gasteiger partial charge in [0.15, 0.2) is 0 Å². The summed E-state index contributed by atoms with van der Waals surface area (Å²) in [6.07, 6.45) is 2.94. The molecule has 1 saturated heterocycles. The molecule has 0 atom stereocenters. The quantitative estimate of drug-likeness (QED) is 0.732. The molecule has 25 heavy (non-hydrogen) atoms. The maximum atomic E-state index is 12.2. The van der Waals surface area contributed by atoms with E-state index < -0.39 is 0 Å². The zero-order valence-electron chi connectivity index (χ0n) is 16.8. The molecule has 1 aliphatic heterocycles. The van der Waals surface area contributed by atoms with Crippen LogP contribution in [0.25, 0.3) is 0 Å². The Balaban J connectivity index is 1.58. The van der Waals surface area contributed by atoms with Crippen LogP contribution in [0.2, 0.25) is 0 Å². The smallest absolute Gasteiger partial charge is 0.224 e. The van der Waals surface area contributed by atoms with E-state index >= 15 is 0 Å². The van der Waals surface area contributed by atoms with Crippen LogP contribution >= 0.6 is 0 Å². The van der Waals surface area contributed by atoms with Crippen LogP contribution in [0, 0.1) is 0 Å². The predicted octanol–water partition coefficient (Wildman–Crippen LogP) is 2.61. The van der Waals surface area contributed by atoms with E-state index in [0.717, 1.165) is 39.0 Å². The Hall–Kier alpha value is -0.690. The summed E-state index contributed by atoms with van der Waals surface area (Å²) in [6.45, 7) is 15.8. The van der Waals surface area contributed by atoms with Gasteiger partial charge in [0, 0.05) is 39.0 Å². The first-order valence-electron chi connectivity index (χ1n) is 9.53. The van der Waals surface area contributed by atoms with Crippen molar-refractivity contribution in [3.8, 4) is 0 Å². The lowest BCUT2D eigenvalue weighted by molar-refractivity contribution is -0.257. The number of amides is 1. The topological polar surface area (TPSA) is 51.2 Å². The molecule has 1 heterocycles. The first-order chi connectivity index (χ1) is 11.5. The van der Waals surface area contributed by atoms with Gasteiger partial charge in [-0.1, -0.05) is 0 Å². The Morgan fingerprint density at radius 1 is 0.920 bits per heavy atom. The maximum absolute atomic E-state index is 12.2. The molecule has 0 aromatic carbocycles. The fourth-order valence-corrected chi connectivity index (χ4v) is 3.06. The van der Waals surface area contributed by atoms with E-state index in [1.165, 1.54) is 0 Å². The van der Waals surface area contributed by atoms with E-state index in [2.05, 4.69) is 20.8 Å². The number of carbonyl (C=O) groups is 1. The van der Waals surface area contributed by atoms with Crippen LogP contribution in [0.4, 0.5) is 0 Å². The number of carbonyl (C=O) groups excluding carboxylic acids is 1. The van der Waals surface area contributed by atoms with Crippen LogP contribution in [-0.2, 0) is 19.1 Å². The van der Waals surface area contributed by atoms with Gasteiger partial charge in [0.1, 0.15) is 0 Å². The second kappa shape index (κ2) is 8.33. The molecule has 1 amide bonds. The standard InChI is InChI=1S/C19H36N2O4/c1-18(2,3)23-12-7-17(22)20-8-10-21(11-9-20)25-16-13-15(14-16)24-19(4,5)6/h15-16H,7-14H2,1-6H3. The molecule has 1 aliphatic carbocycles. The van der Waals surface area contributed by atoms with Crippen molar-refractivity contribution >= 4 is 5.91 Å². The molecule has 146 valence electrons. The molecule has 6 nitrogen and oxygen atoms in total. The Morgan fingerprint density at radius 2 is 1.52 bits per heavy atom. The third-order valence-corrected chi connectivity index (χ3v) is 4.31. The van der Waals surface area contributed by atoms with Gasteiger partial charge in [-0.05, 0) is 41.5 Å². The first kappa shape index (κ1) is 20.6. The molecule has 0 spiro atoms. The molecular formula is C19H36N2O4. The highest BCUT2D eigenvalue weighted by molar-refractivity contribution is 5.76. The molecule has 1 saturated carbocycles. The number of hydroxylamine groups is 2. The van der Waals surface area contributed by atoms with E-state index in [9.17, 15) is 4.79 Å². The van der Waals surface area contributed by atoms with E-state index in [-0.39, 0.29) is 23.2 Å². The molecule has 2 fully saturated rings. The Bertz CT molecular complexity index is 428. The summed E-state index contributed by atoms with van der Waals surface area (Å²) in [4.78, 5) is 20.2. The SMILES string of the molecule is CC(C)(C)OCCC(=O)N1CCN(OC2CC(OC(C)(C)C)C2)CC1. The number of ether oxygens (including phenoxy) is 2. The van der Waals surface area contributed by atoms with E-state index in [0.29, 0.717) is 19.1 Å². The summed E-state index contributed by atoms with van der Waals surface area (Å²) in [7, 11) is 0. The molecule has 0 aromatic heterocycles. The maximum Gasteiger partial charge on any atom is 0.224 e. The van der Waals surface area contributed by atoms with Crippen LogP contribution in [0.3, 0.4) is 0 Å². The van der Waals surface area contributed by atoms with E-state index in [1.54, 1.807) is 0 Å². The van der Waals surface area contributed by atoms with Crippen LogP contribution in [0.1, 0.15) is 60.8 Å². The van der Waals surface area contributed by atoms with E-state index in [4.69, 9.17) is 14.3 Å². The lowest BCUT2D eigenvalue weighted by atomic mass is 9.91. The molecule has 2 aliphatic rings. The van der Waals surface area contributed by atoms with Gasteiger partial charge in [-0.25, -0.2) is 0 Å². The summed E-state index contributed by atoms with van der Waals surface area (Å²) >= 11 is 0. The van der Waals surface area contributed by atoms with Crippen molar-refractivity contribution in [3.05, 3.63) is 0 Å². The third kappa shape index (κ3) is 7.60. The van der Waals surface area contributed by atoms with Gasteiger partial charge < -0.3 is 14.4 Å². The minimum atomic E-state index is -0.190. The van der Waals surface area contributed by atoms with Crippen molar-refractivity contribution in [2.75, 3.05) is 32.8 Å². The number of rotatable bonds is 6. The normalized spacial score (nSPS) is 25.8. The molecule has 0 unspecified atom stereocenters. The van der Waals surface area contributed by atoms with Gasteiger partial charge in [0.2, 0.25) is 5.91 Å². The number of nitrogens with zero attached hydrogens (tertiary/aromatic N) is 2. The number of hydrogen-bond donors (Lipinski definition) is 0. The highest BCUT2D eigenvalue weighted by atomic mass is 16.7. The van der Waals surface area contributed by atoms with Gasteiger partial charge in [-0.3, -0.25) is 9.63 Å². The largest absolute Gasteiger partial charge is 0.375 e. The molecule has 6 heteroatoms. The van der Waals surface area contributed by atoms with E-state index in [1.807, 2.05) is 30.7 Å². The van der Waals surface area contributed by atoms with Gasteiger partial charge in [-0.15, -0.1) is 0 Å². The average molecular weight is 357 g/mol. The Labute approximate surface area is 152 Å². The summed E-state index contributed by atoms with van der Waals surface area (Å²) in [5.41, 5.74) is -0.275. The fourth-order valence-electron chi connectivity index (χ4n) is 3.06. The highest BCUT2D eigenvalue weighted by Gasteiger charge is 2.36. The average Bonchev–Trinajstić information content (AvgIpc) is 2.43. The fraction of sp³-hybridized carbons (Fsp3) is 0.947. The van der Waals surface area contributed by atoms with Crippen LogP contribution < -0.4 is 0 Å². The second-order valence-corrected chi connectivity index (χ2v) is 9.07. The van der Waals surface area contributed by atoms with Gasteiger partial charge in [-0.2, -0.15) is 5.06 Å². The monoisotopic (exact) mass is 356 g/mol. The minimum absolute atomic E-state index is 0.0850. The number of hydrogen-bond acceptors (Lipinski definition) is 5. The van der Waals surface area contributed by atoms with Crippen molar-refractivity contribution in [1.82, 2.24) is 9.96 Å². The molecule has 0 aromatic rings. The summed E-state index contributed by atoms with van der Waals surface area (Å²) < 4.78 is 11.6.